The fourth-order valence-electron chi connectivity index (χ4n) is 2.68. The lowest BCUT2D eigenvalue weighted by Gasteiger charge is -2.20. The fourth-order valence-corrected chi connectivity index (χ4v) is 2.68. The third-order valence-corrected chi connectivity index (χ3v) is 3.88. The molecule has 0 bridgehead atoms. The molecular weight excluding hydrogens is 476 g/mol. The van der Waals surface area contributed by atoms with Gasteiger partial charge in [-0.05, 0) is 12.1 Å². The number of hydrogen-bond donors (Lipinski definition) is 0. The number of para-hydroxylation sites is 1. The van der Waals surface area contributed by atoms with Gasteiger partial charge in [0.25, 0.3) is 5.12 Å². The number of nitro benzene ring substituents is 4. The van der Waals surface area contributed by atoms with Crippen LogP contribution in [0.3, 0.4) is 0 Å². The Balaban J connectivity index is 3.14. The molecule has 0 aliphatic heterocycles. The molecule has 0 unspecified atom stereocenters. The standard InChI is InChI=1S/C13H6N8O13/c22-13(15(20(31)32)21(33)34)14(7-4-2-1-3-5-7)8-6-9(16(23)24)11(18(27)28)12(19(29)30)10(8)17(25)26/h1-6H. The molecule has 21 heteroatoms. The van der Waals surface area contributed by atoms with Crippen molar-refractivity contribution in [1.29, 1.82) is 0 Å². The number of benzene rings is 2. The van der Waals surface area contributed by atoms with Crippen LogP contribution in [0.2, 0.25) is 0 Å². The van der Waals surface area contributed by atoms with Crippen molar-refractivity contribution < 1.29 is 34.6 Å². The van der Waals surface area contributed by atoms with E-state index in [9.17, 15) is 65.5 Å². The molecule has 0 aliphatic rings. The molecule has 34 heavy (non-hydrogen) atoms. The number of nitrogens with zero attached hydrogens (tertiary/aromatic N) is 8. The second-order valence-corrected chi connectivity index (χ2v) is 5.71. The second kappa shape index (κ2) is 9.08. The highest BCUT2D eigenvalue weighted by Crippen LogP contribution is 2.50. The zero-order valence-electron chi connectivity index (χ0n) is 15.8. The highest BCUT2D eigenvalue weighted by Gasteiger charge is 2.51. The molecule has 176 valence electrons. The van der Waals surface area contributed by atoms with Gasteiger partial charge in [0.05, 0.1) is 31.4 Å². The van der Waals surface area contributed by atoms with Crippen LogP contribution in [0.5, 0.6) is 0 Å². The Morgan fingerprint density at radius 3 is 1.50 bits per heavy atom. The molecule has 2 aromatic carbocycles. The smallest absolute Gasteiger partial charge is 0.258 e. The molecule has 0 N–H and O–H groups in total. The van der Waals surface area contributed by atoms with Crippen molar-refractivity contribution in [2.75, 3.05) is 4.90 Å². The van der Waals surface area contributed by atoms with E-state index in [4.69, 9.17) is 0 Å². The lowest BCUT2D eigenvalue weighted by molar-refractivity contribution is -0.882. The number of anilines is 2. The number of hydrazine groups is 2. The van der Waals surface area contributed by atoms with Gasteiger partial charge in [-0.2, -0.15) is 0 Å². The first kappa shape index (κ1) is 24.4. The predicted molar refractivity (Wildman–Crippen MR) is 103 cm³/mol. The highest BCUT2D eigenvalue weighted by atomic mass is 16.8. The molecule has 0 saturated heterocycles. The van der Waals surface area contributed by atoms with E-state index in [-0.39, 0.29) is 11.0 Å². The molecule has 0 atom stereocenters. The van der Waals surface area contributed by atoms with Crippen molar-refractivity contribution in [3.63, 3.8) is 0 Å². The van der Waals surface area contributed by atoms with Crippen LogP contribution in [-0.2, 0) is 0 Å². The molecule has 0 radical (unpaired) electrons. The van der Waals surface area contributed by atoms with Crippen LogP contribution in [0.4, 0.5) is 38.9 Å². The number of carbonyl (C=O) groups is 1. The van der Waals surface area contributed by atoms with E-state index in [2.05, 4.69) is 0 Å². The summed E-state index contributed by atoms with van der Waals surface area (Å²) in [6.07, 6.45) is 0. The Morgan fingerprint density at radius 1 is 0.647 bits per heavy atom. The van der Waals surface area contributed by atoms with Crippen LogP contribution in [-0.4, -0.2) is 40.9 Å². The highest BCUT2D eigenvalue weighted by molar-refractivity contribution is 6.03. The molecule has 2 aromatic rings. The van der Waals surface area contributed by atoms with Crippen molar-refractivity contribution in [3.8, 4) is 0 Å². The first-order valence-electron chi connectivity index (χ1n) is 8.07. The van der Waals surface area contributed by atoms with Crippen molar-refractivity contribution in [1.82, 2.24) is 5.12 Å². The fraction of sp³-hybridized carbons (Fsp3) is 0. The molecule has 21 nitrogen and oxygen atoms in total. The summed E-state index contributed by atoms with van der Waals surface area (Å²) in [5, 5.41) is 63.1. The molecule has 0 spiro atoms. The Bertz CT molecular complexity index is 1250. The first-order valence-corrected chi connectivity index (χ1v) is 8.07. The minimum Gasteiger partial charge on any atom is -0.258 e. The Hall–Kier alpha value is -5.89. The van der Waals surface area contributed by atoms with Gasteiger partial charge >= 0.3 is 28.8 Å². The maximum absolute atomic E-state index is 12.8. The number of hydrogen-bond acceptors (Lipinski definition) is 13. The van der Waals surface area contributed by atoms with Crippen molar-refractivity contribution in [2.45, 2.75) is 0 Å². The summed E-state index contributed by atoms with van der Waals surface area (Å²) in [5.41, 5.74) is -9.61. The maximum atomic E-state index is 12.8. The van der Waals surface area contributed by atoms with E-state index < -0.39 is 75.0 Å². The zero-order valence-corrected chi connectivity index (χ0v) is 15.8. The van der Waals surface area contributed by atoms with Gasteiger partial charge in [0.1, 0.15) is 5.69 Å². The topological polar surface area (TPSA) is 282 Å². The van der Waals surface area contributed by atoms with Crippen molar-refractivity contribution in [3.05, 3.63) is 97.1 Å². The number of amides is 2. The first-order chi connectivity index (χ1) is 15.8. The quantitative estimate of drug-likeness (QED) is 0.385. The molecule has 0 aliphatic carbocycles. The van der Waals surface area contributed by atoms with Crippen molar-refractivity contribution >= 4 is 40.2 Å². The average Bonchev–Trinajstić information content (AvgIpc) is 2.72. The monoisotopic (exact) mass is 482 g/mol. The van der Waals surface area contributed by atoms with Crippen LogP contribution < -0.4 is 4.90 Å². The van der Waals surface area contributed by atoms with E-state index in [1.54, 1.807) is 0 Å². The molecule has 0 heterocycles. The van der Waals surface area contributed by atoms with Gasteiger partial charge in [0.15, 0.2) is 0 Å². The van der Waals surface area contributed by atoms with Crippen LogP contribution in [0, 0.1) is 60.7 Å². The molecule has 2 amide bonds. The summed E-state index contributed by atoms with van der Waals surface area (Å²) in [7, 11) is 0. The third-order valence-electron chi connectivity index (χ3n) is 3.88. The Kier molecular flexibility index (Phi) is 6.51. The Morgan fingerprint density at radius 2 is 1.12 bits per heavy atom. The Labute approximate surface area is 182 Å². The van der Waals surface area contributed by atoms with Crippen LogP contribution in [0.25, 0.3) is 0 Å². The summed E-state index contributed by atoms with van der Waals surface area (Å²) in [4.78, 5) is 74.1. The second-order valence-electron chi connectivity index (χ2n) is 5.71. The molecular formula is C13H6N8O13. The molecule has 0 saturated carbocycles. The van der Waals surface area contributed by atoms with Gasteiger partial charge in [-0.1, -0.05) is 18.2 Å². The van der Waals surface area contributed by atoms with Crippen LogP contribution in [0.15, 0.2) is 36.4 Å². The summed E-state index contributed by atoms with van der Waals surface area (Å²) < 4.78 is 0. The third kappa shape index (κ3) is 4.27. The number of carbonyl (C=O) groups excluding carboxylic acids is 1. The normalized spacial score (nSPS) is 10.1. The predicted octanol–water partition coefficient (Wildman–Crippen LogP) is 2.26. The maximum Gasteiger partial charge on any atom is 0.463 e. The van der Waals surface area contributed by atoms with Gasteiger partial charge in [0.2, 0.25) is 10.1 Å². The molecule has 0 fully saturated rings. The SMILES string of the molecule is O=C(N(c1ccccc1)c1cc([N+](=O)[O-])c([N+](=O)[O-])c([N+](=O)[O-])c1[N+](=O)[O-])N([N+](=O)[O-])[N+](=O)[O-]. The largest absolute Gasteiger partial charge is 0.463 e. The number of urea groups is 1. The van der Waals surface area contributed by atoms with E-state index >= 15 is 0 Å². The summed E-state index contributed by atoms with van der Waals surface area (Å²) in [6, 6.07) is 3.13. The van der Waals surface area contributed by atoms with E-state index in [0.717, 1.165) is 24.3 Å². The summed E-state index contributed by atoms with van der Waals surface area (Å²) >= 11 is 0. The lowest BCUT2D eigenvalue weighted by atomic mass is 10.1. The molecule has 0 aromatic heterocycles. The zero-order chi connectivity index (χ0) is 25.9. The van der Waals surface area contributed by atoms with E-state index in [1.165, 1.54) is 6.07 Å². The summed E-state index contributed by atoms with van der Waals surface area (Å²) in [6.45, 7) is 0. The van der Waals surface area contributed by atoms with Gasteiger partial charge in [-0.25, -0.2) is 29.9 Å². The summed E-state index contributed by atoms with van der Waals surface area (Å²) in [5.74, 6) is 0. The van der Waals surface area contributed by atoms with Crippen LogP contribution in [0.1, 0.15) is 0 Å². The van der Waals surface area contributed by atoms with E-state index in [1.807, 2.05) is 0 Å². The minimum atomic E-state index is -2.28. The van der Waals surface area contributed by atoms with Gasteiger partial charge in [-0.3, -0.25) is 40.5 Å². The van der Waals surface area contributed by atoms with Gasteiger partial charge in [-0.15, -0.1) is 0 Å². The van der Waals surface area contributed by atoms with Gasteiger partial charge in [0, 0.05) is 0 Å². The van der Waals surface area contributed by atoms with Crippen molar-refractivity contribution in [2.24, 2.45) is 0 Å². The van der Waals surface area contributed by atoms with Gasteiger partial charge < -0.3 is 0 Å². The number of rotatable bonds is 8. The average molecular weight is 482 g/mol. The number of nitro groups is 6. The molecule has 2 rings (SSSR count). The lowest BCUT2D eigenvalue weighted by Crippen LogP contribution is -2.47. The minimum absolute atomic E-state index is 0.00770. The van der Waals surface area contributed by atoms with E-state index in [0.29, 0.717) is 0 Å². The van der Waals surface area contributed by atoms with Crippen LogP contribution >= 0.6 is 0 Å².